The van der Waals surface area contributed by atoms with Gasteiger partial charge in [0.25, 0.3) is 10.0 Å². The number of hydrogen-bond acceptors (Lipinski definition) is 4. The second kappa shape index (κ2) is 5.85. The quantitative estimate of drug-likeness (QED) is 0.844. The van der Waals surface area contributed by atoms with Crippen LogP contribution in [0.5, 0.6) is 5.75 Å². The number of nitrogens with zero attached hydrogens (tertiary/aromatic N) is 2. The molecular formula is C17H20N2O3S. The average molecular weight is 332 g/mol. The first-order chi connectivity index (χ1) is 10.9. The largest absolute Gasteiger partial charge is 0.497 e. The highest BCUT2D eigenvalue weighted by Gasteiger charge is 2.40. The van der Waals surface area contributed by atoms with E-state index in [2.05, 4.69) is 4.98 Å². The number of aryl methyl sites for hydroxylation is 2. The summed E-state index contributed by atoms with van der Waals surface area (Å²) < 4.78 is 33.3. The van der Waals surface area contributed by atoms with Gasteiger partial charge in [-0.3, -0.25) is 0 Å². The topological polar surface area (TPSA) is 59.5 Å². The molecule has 0 atom stereocenters. The number of sulfonamides is 1. The molecule has 1 fully saturated rings. The lowest BCUT2D eigenvalue weighted by Crippen LogP contribution is -2.34. The van der Waals surface area contributed by atoms with Gasteiger partial charge in [-0.05, 0) is 62.1 Å². The summed E-state index contributed by atoms with van der Waals surface area (Å²) in [5.41, 5.74) is 1.37. The molecule has 1 aliphatic carbocycles. The molecule has 1 aliphatic rings. The van der Waals surface area contributed by atoms with Gasteiger partial charge >= 0.3 is 0 Å². The van der Waals surface area contributed by atoms with Gasteiger partial charge in [0.15, 0.2) is 0 Å². The van der Waals surface area contributed by atoms with Crippen molar-refractivity contribution in [1.29, 1.82) is 0 Å². The zero-order valence-electron chi connectivity index (χ0n) is 13.5. The molecule has 0 radical (unpaired) electrons. The molecule has 3 rings (SSSR count). The Morgan fingerprint density at radius 3 is 2.30 bits per heavy atom. The molecule has 1 heterocycles. The maximum Gasteiger partial charge on any atom is 0.266 e. The maximum absolute atomic E-state index is 13.3. The van der Waals surface area contributed by atoms with Gasteiger partial charge in [0.1, 0.15) is 11.6 Å². The number of rotatable bonds is 5. The first-order valence-corrected chi connectivity index (χ1v) is 9.00. The van der Waals surface area contributed by atoms with Crippen LogP contribution in [-0.2, 0) is 10.0 Å². The number of aromatic nitrogens is 1. The number of anilines is 1. The Morgan fingerprint density at radius 2 is 1.83 bits per heavy atom. The summed E-state index contributed by atoms with van der Waals surface area (Å²) in [6, 6.07) is 8.83. The number of methoxy groups -OCH3 is 1. The van der Waals surface area contributed by atoms with Crippen molar-refractivity contribution >= 4 is 15.8 Å². The minimum atomic E-state index is -3.66. The van der Waals surface area contributed by atoms with Crippen LogP contribution in [0.15, 0.2) is 41.4 Å². The summed E-state index contributed by atoms with van der Waals surface area (Å²) in [4.78, 5) is 4.59. The predicted octanol–water partition coefficient (Wildman–Crippen LogP) is 3.06. The first-order valence-electron chi connectivity index (χ1n) is 7.56. The Kier molecular flexibility index (Phi) is 4.02. The fraction of sp³-hybridized carbons (Fsp3) is 0.353. The van der Waals surface area contributed by atoms with Gasteiger partial charge < -0.3 is 4.74 Å². The van der Waals surface area contributed by atoms with Crippen LogP contribution in [0, 0.1) is 13.8 Å². The fourth-order valence-electron chi connectivity index (χ4n) is 2.83. The maximum atomic E-state index is 13.3. The van der Waals surface area contributed by atoms with Gasteiger partial charge in [0.2, 0.25) is 0 Å². The molecular weight excluding hydrogens is 312 g/mol. The van der Waals surface area contributed by atoms with E-state index in [0.29, 0.717) is 27.6 Å². The Hall–Kier alpha value is -2.08. The van der Waals surface area contributed by atoms with Crippen LogP contribution < -0.4 is 9.04 Å². The molecule has 0 amide bonds. The Balaban J connectivity index is 2.14. The average Bonchev–Trinajstić information content (AvgIpc) is 3.31. The zero-order chi connectivity index (χ0) is 16.6. The van der Waals surface area contributed by atoms with Gasteiger partial charge in [-0.2, -0.15) is 0 Å². The van der Waals surface area contributed by atoms with Crippen molar-refractivity contribution in [3.05, 3.63) is 47.7 Å². The zero-order valence-corrected chi connectivity index (χ0v) is 14.3. The normalized spacial score (nSPS) is 14.6. The van der Waals surface area contributed by atoms with Crippen LogP contribution in [0.25, 0.3) is 0 Å². The molecule has 0 spiro atoms. The van der Waals surface area contributed by atoms with Crippen molar-refractivity contribution < 1.29 is 13.2 Å². The van der Waals surface area contributed by atoms with Crippen LogP contribution in [0.1, 0.15) is 24.0 Å². The second-order valence-electron chi connectivity index (χ2n) is 5.81. The number of benzene rings is 1. The highest BCUT2D eigenvalue weighted by atomic mass is 32.2. The van der Waals surface area contributed by atoms with Crippen molar-refractivity contribution in [2.45, 2.75) is 37.6 Å². The van der Waals surface area contributed by atoms with Crippen LogP contribution in [0.2, 0.25) is 0 Å². The SMILES string of the molecule is COc1cc(C)c(S(=O)(=O)N(c2ccccn2)C2CC2)c(C)c1. The van der Waals surface area contributed by atoms with E-state index in [-0.39, 0.29) is 6.04 Å². The Labute approximate surface area is 137 Å². The summed E-state index contributed by atoms with van der Waals surface area (Å²) in [6.45, 7) is 3.60. The predicted molar refractivity (Wildman–Crippen MR) is 89.4 cm³/mol. The Morgan fingerprint density at radius 1 is 1.17 bits per heavy atom. The van der Waals surface area contributed by atoms with Crippen molar-refractivity contribution in [1.82, 2.24) is 4.98 Å². The highest BCUT2D eigenvalue weighted by molar-refractivity contribution is 7.93. The third-order valence-electron chi connectivity index (χ3n) is 3.94. The molecule has 0 unspecified atom stereocenters. The summed E-state index contributed by atoms with van der Waals surface area (Å²) >= 11 is 0. The van der Waals surface area contributed by atoms with Crippen molar-refractivity contribution in [3.63, 3.8) is 0 Å². The molecule has 0 aliphatic heterocycles. The van der Waals surface area contributed by atoms with Gasteiger partial charge in [-0.1, -0.05) is 6.07 Å². The lowest BCUT2D eigenvalue weighted by atomic mass is 10.1. The third kappa shape index (κ3) is 2.91. The van der Waals surface area contributed by atoms with Crippen molar-refractivity contribution in [2.75, 3.05) is 11.4 Å². The molecule has 0 saturated heterocycles. The first kappa shape index (κ1) is 15.8. The van der Waals surface area contributed by atoms with Crippen molar-refractivity contribution in [2.24, 2.45) is 0 Å². The van der Waals surface area contributed by atoms with Gasteiger partial charge in [0, 0.05) is 12.2 Å². The van der Waals surface area contributed by atoms with E-state index >= 15 is 0 Å². The van der Waals surface area contributed by atoms with Crippen LogP contribution in [0.3, 0.4) is 0 Å². The molecule has 1 aromatic carbocycles. The molecule has 0 bridgehead atoms. The summed E-state index contributed by atoms with van der Waals surface area (Å²) in [5.74, 6) is 1.14. The van der Waals surface area contributed by atoms with Gasteiger partial charge in [-0.15, -0.1) is 0 Å². The lowest BCUT2D eigenvalue weighted by Gasteiger charge is -2.25. The summed E-state index contributed by atoms with van der Waals surface area (Å²) in [6.07, 6.45) is 3.35. The molecule has 122 valence electrons. The van der Waals surface area contributed by atoms with Crippen LogP contribution in [0.4, 0.5) is 5.82 Å². The van der Waals surface area contributed by atoms with Gasteiger partial charge in [-0.25, -0.2) is 17.7 Å². The summed E-state index contributed by atoms with van der Waals surface area (Å²) in [7, 11) is -2.09. The van der Waals surface area contributed by atoms with E-state index < -0.39 is 10.0 Å². The molecule has 2 aromatic rings. The molecule has 6 heteroatoms. The van der Waals surface area contributed by atoms with E-state index in [1.807, 2.05) is 0 Å². The Bertz CT molecular complexity index is 792. The van der Waals surface area contributed by atoms with Crippen molar-refractivity contribution in [3.8, 4) is 5.75 Å². The van der Waals surface area contributed by atoms with Gasteiger partial charge in [0.05, 0.1) is 12.0 Å². The molecule has 23 heavy (non-hydrogen) atoms. The molecule has 1 saturated carbocycles. The smallest absolute Gasteiger partial charge is 0.266 e. The van der Waals surface area contributed by atoms with E-state index in [0.717, 1.165) is 12.8 Å². The molecule has 0 N–H and O–H groups in total. The minimum Gasteiger partial charge on any atom is -0.497 e. The number of hydrogen-bond donors (Lipinski definition) is 0. The van der Waals surface area contributed by atoms with Crippen LogP contribution >= 0.6 is 0 Å². The minimum absolute atomic E-state index is 0.00389. The van der Waals surface area contributed by atoms with E-state index in [1.165, 1.54) is 4.31 Å². The fourth-order valence-corrected chi connectivity index (χ4v) is 4.92. The number of ether oxygens (including phenoxy) is 1. The highest BCUT2D eigenvalue weighted by Crippen LogP contribution is 2.37. The standard InChI is InChI=1S/C17H20N2O3S/c1-12-10-15(22-3)11-13(2)17(12)23(20,21)19(14-7-8-14)16-6-4-5-9-18-16/h4-6,9-11,14H,7-8H2,1-3H3. The van der Waals surface area contributed by atoms with E-state index in [4.69, 9.17) is 4.74 Å². The third-order valence-corrected chi connectivity index (χ3v) is 6.10. The lowest BCUT2D eigenvalue weighted by molar-refractivity contribution is 0.413. The summed E-state index contributed by atoms with van der Waals surface area (Å²) in [5, 5.41) is 0. The molecule has 5 nitrogen and oxygen atoms in total. The second-order valence-corrected chi connectivity index (χ2v) is 7.56. The van der Waals surface area contributed by atoms with E-state index in [9.17, 15) is 8.42 Å². The number of pyridine rings is 1. The monoisotopic (exact) mass is 332 g/mol. The van der Waals surface area contributed by atoms with E-state index in [1.54, 1.807) is 57.5 Å². The molecule has 1 aromatic heterocycles. The van der Waals surface area contributed by atoms with Crippen LogP contribution in [-0.4, -0.2) is 26.6 Å².